The molecule has 1 amide bonds. The number of aromatic nitrogens is 2. The zero-order valence-electron chi connectivity index (χ0n) is 16.7. The van der Waals surface area contributed by atoms with E-state index in [1.165, 1.54) is 34.9 Å². The molecule has 4 rings (SSSR count). The van der Waals surface area contributed by atoms with E-state index in [0.717, 1.165) is 15.6 Å². The largest absolute Gasteiger partial charge is 0.477 e. The lowest BCUT2D eigenvalue weighted by Crippen LogP contribution is -2.62. The molecule has 4 heterocycles. The molecular formula is C21H21N3O4S2. The first-order valence-corrected chi connectivity index (χ1v) is 11.3. The van der Waals surface area contributed by atoms with Crippen LogP contribution in [0.1, 0.15) is 27.2 Å². The van der Waals surface area contributed by atoms with Crippen LogP contribution in [0.3, 0.4) is 0 Å². The number of fused-ring (bicyclic) bond motifs is 1. The first kappa shape index (κ1) is 20.7. The van der Waals surface area contributed by atoms with Gasteiger partial charge in [-0.3, -0.25) is 9.78 Å². The van der Waals surface area contributed by atoms with Crippen LogP contribution < -0.4 is 0 Å². The molecule has 0 aromatic carbocycles. The molecule has 1 saturated heterocycles. The van der Waals surface area contributed by atoms with Crippen molar-refractivity contribution in [1.82, 2.24) is 14.9 Å². The molecule has 2 aromatic rings. The van der Waals surface area contributed by atoms with Gasteiger partial charge in [0, 0.05) is 40.6 Å². The van der Waals surface area contributed by atoms with Crippen LogP contribution in [0.4, 0.5) is 0 Å². The summed E-state index contributed by atoms with van der Waals surface area (Å²) in [4.78, 5) is 47.1. The summed E-state index contributed by atoms with van der Waals surface area (Å²) in [6.45, 7) is 5.36. The minimum absolute atomic E-state index is 0.0341. The number of carboxylic acids is 1. The highest BCUT2D eigenvalue weighted by Gasteiger charge is 2.60. The lowest BCUT2D eigenvalue weighted by atomic mass is 9.73. The Kier molecular flexibility index (Phi) is 5.50. The van der Waals surface area contributed by atoms with Crippen molar-refractivity contribution in [2.24, 2.45) is 17.8 Å². The third kappa shape index (κ3) is 3.45. The predicted octanol–water partition coefficient (Wildman–Crippen LogP) is 3.69. The van der Waals surface area contributed by atoms with E-state index in [1.807, 2.05) is 31.4 Å². The van der Waals surface area contributed by atoms with Gasteiger partial charge in [-0.15, -0.1) is 11.3 Å². The molecule has 2 aromatic heterocycles. The van der Waals surface area contributed by atoms with Crippen molar-refractivity contribution in [1.29, 1.82) is 0 Å². The number of Topliss-reactive ketones (excluding diaryl/α,β-unsaturated/α-hetero) is 1. The first-order chi connectivity index (χ1) is 14.3. The molecule has 1 fully saturated rings. The van der Waals surface area contributed by atoms with Crippen molar-refractivity contribution < 1.29 is 19.5 Å². The highest BCUT2D eigenvalue weighted by molar-refractivity contribution is 8.04. The Bertz CT molecular complexity index is 1050. The van der Waals surface area contributed by atoms with Gasteiger partial charge in [0.2, 0.25) is 5.91 Å². The van der Waals surface area contributed by atoms with Crippen molar-refractivity contribution in [2.45, 2.75) is 37.6 Å². The monoisotopic (exact) mass is 443 g/mol. The molecule has 0 unspecified atom stereocenters. The second-order valence-corrected chi connectivity index (χ2v) is 9.90. The van der Waals surface area contributed by atoms with Gasteiger partial charge in [0.05, 0.1) is 17.7 Å². The summed E-state index contributed by atoms with van der Waals surface area (Å²) in [5.41, 5.74) is 1.80. The Hall–Kier alpha value is -2.52. The number of hydrogen-bond acceptors (Lipinski definition) is 7. The van der Waals surface area contributed by atoms with Gasteiger partial charge in [0.15, 0.2) is 4.34 Å². The van der Waals surface area contributed by atoms with Crippen molar-refractivity contribution in [3.63, 3.8) is 0 Å². The van der Waals surface area contributed by atoms with Gasteiger partial charge in [-0.25, -0.2) is 9.78 Å². The van der Waals surface area contributed by atoms with Gasteiger partial charge in [-0.2, -0.15) is 0 Å². The summed E-state index contributed by atoms with van der Waals surface area (Å²) in [6.07, 6.45) is 3.72. The van der Waals surface area contributed by atoms with Gasteiger partial charge in [0.25, 0.3) is 0 Å². The van der Waals surface area contributed by atoms with Crippen molar-refractivity contribution in [3.05, 3.63) is 40.5 Å². The summed E-state index contributed by atoms with van der Waals surface area (Å²) >= 11 is 2.76. The maximum Gasteiger partial charge on any atom is 0.353 e. The first-order valence-electron chi connectivity index (χ1n) is 9.63. The fraction of sp³-hybridized carbons (Fsp3) is 0.381. The van der Waals surface area contributed by atoms with E-state index < -0.39 is 5.97 Å². The number of ketones is 1. The number of thioether (sulfide) groups is 1. The molecule has 2 aliphatic rings. The molecule has 0 saturated carbocycles. The number of pyridine rings is 1. The minimum Gasteiger partial charge on any atom is -0.477 e. The quantitative estimate of drug-likeness (QED) is 0.652. The fourth-order valence-corrected chi connectivity index (χ4v) is 6.48. The highest BCUT2D eigenvalue weighted by Crippen LogP contribution is 2.53. The maximum absolute atomic E-state index is 12.8. The lowest BCUT2D eigenvalue weighted by Gasteiger charge is -2.47. The number of carbonyl (C=O) groups excluding carboxylic acids is 2. The van der Waals surface area contributed by atoms with E-state index in [9.17, 15) is 19.5 Å². The van der Waals surface area contributed by atoms with E-state index >= 15 is 0 Å². The number of thiazole rings is 1. The maximum atomic E-state index is 12.8. The lowest BCUT2D eigenvalue weighted by molar-refractivity contribution is -0.160. The Morgan fingerprint density at radius 1 is 1.33 bits per heavy atom. The Morgan fingerprint density at radius 2 is 2.03 bits per heavy atom. The summed E-state index contributed by atoms with van der Waals surface area (Å²) in [6, 6.07) is 3.52. The summed E-state index contributed by atoms with van der Waals surface area (Å²) in [7, 11) is 0. The average Bonchev–Trinajstić information content (AvgIpc) is 3.24. The van der Waals surface area contributed by atoms with Crippen LogP contribution in [0.2, 0.25) is 0 Å². The number of carboxylic acid groups (broad SMARTS) is 1. The number of rotatable bonds is 7. The van der Waals surface area contributed by atoms with Gasteiger partial charge in [0.1, 0.15) is 11.5 Å². The Balaban J connectivity index is 1.60. The third-order valence-corrected chi connectivity index (χ3v) is 7.89. The van der Waals surface area contributed by atoms with Crippen LogP contribution in [0.5, 0.6) is 0 Å². The molecule has 7 nitrogen and oxygen atoms in total. The molecule has 4 atom stereocenters. The number of aliphatic carboxylic acids is 1. The molecular weight excluding hydrogens is 422 g/mol. The van der Waals surface area contributed by atoms with Crippen LogP contribution in [0.15, 0.2) is 44.8 Å². The van der Waals surface area contributed by atoms with Crippen LogP contribution >= 0.6 is 23.1 Å². The number of β-lactam (4-membered cyclic amide) rings is 1. The average molecular weight is 444 g/mol. The zero-order chi connectivity index (χ0) is 21.6. The van der Waals surface area contributed by atoms with E-state index in [1.54, 1.807) is 12.4 Å². The normalized spacial score (nSPS) is 23.9. The zero-order valence-corrected chi connectivity index (χ0v) is 18.4. The minimum atomic E-state index is -1.11. The number of carbonyl (C=O) groups is 3. The number of hydrogen-bond donors (Lipinski definition) is 1. The second kappa shape index (κ2) is 7.96. The molecule has 2 aliphatic heterocycles. The highest BCUT2D eigenvalue weighted by atomic mass is 32.2. The number of amides is 1. The van der Waals surface area contributed by atoms with E-state index in [-0.39, 0.29) is 41.2 Å². The molecule has 0 bridgehead atoms. The van der Waals surface area contributed by atoms with Gasteiger partial charge in [-0.1, -0.05) is 25.6 Å². The predicted molar refractivity (Wildman–Crippen MR) is 114 cm³/mol. The molecule has 0 spiro atoms. The van der Waals surface area contributed by atoms with E-state index in [2.05, 4.69) is 9.97 Å². The molecule has 0 radical (unpaired) electrons. The van der Waals surface area contributed by atoms with Crippen LogP contribution in [0.25, 0.3) is 11.3 Å². The van der Waals surface area contributed by atoms with Gasteiger partial charge < -0.3 is 14.8 Å². The summed E-state index contributed by atoms with van der Waals surface area (Å²) in [5, 5.41) is 11.8. The van der Waals surface area contributed by atoms with Gasteiger partial charge >= 0.3 is 5.97 Å². The smallest absolute Gasteiger partial charge is 0.353 e. The molecule has 1 N–H and O–H groups in total. The van der Waals surface area contributed by atoms with Crippen LogP contribution in [-0.2, 0) is 14.4 Å². The van der Waals surface area contributed by atoms with Crippen molar-refractivity contribution in [3.8, 4) is 11.3 Å². The topological polar surface area (TPSA) is 100 Å². The fourth-order valence-electron chi connectivity index (χ4n) is 4.38. The van der Waals surface area contributed by atoms with E-state index in [4.69, 9.17) is 0 Å². The summed E-state index contributed by atoms with van der Waals surface area (Å²) in [5.74, 6) is -1.86. The number of nitrogens with zero attached hydrogens (tertiary/aromatic N) is 3. The molecule has 0 aliphatic carbocycles. The molecule has 30 heavy (non-hydrogen) atoms. The van der Waals surface area contributed by atoms with Crippen LogP contribution in [0, 0.1) is 17.8 Å². The second-order valence-electron chi connectivity index (χ2n) is 7.75. The Morgan fingerprint density at radius 3 is 2.67 bits per heavy atom. The van der Waals surface area contributed by atoms with Crippen molar-refractivity contribution in [2.75, 3.05) is 0 Å². The molecule has 156 valence electrons. The summed E-state index contributed by atoms with van der Waals surface area (Å²) < 4.78 is 0.727. The van der Waals surface area contributed by atoms with Crippen molar-refractivity contribution >= 4 is 40.8 Å². The molecule has 9 heteroatoms. The third-order valence-electron chi connectivity index (χ3n) is 5.67. The van der Waals surface area contributed by atoms with E-state index in [0.29, 0.717) is 11.3 Å². The Labute approximate surface area is 182 Å². The SMILES string of the molecule is CC(=O)C[C@H](C)[C@H]1C(=O)N2C(C(=O)O)=C(Sc3nc(-c4ccncc4)cs3)[C@H](C)[C@H]12. The van der Waals surface area contributed by atoms with Gasteiger partial charge in [-0.05, 0) is 25.0 Å². The van der Waals surface area contributed by atoms with Crippen LogP contribution in [-0.4, -0.2) is 43.7 Å². The standard InChI is InChI=1S/C21H21N3O4S2/c1-10(8-11(2)25)15-16-12(3)18(17(20(27)28)24(16)19(15)26)30-21-23-14(9-29-21)13-4-6-22-7-5-13/h4-7,9-10,12,15-16H,8H2,1-3H3,(H,27,28)/t10-,12+,15+,16+/m0/s1.